The van der Waals surface area contributed by atoms with Gasteiger partial charge in [-0.3, -0.25) is 14.4 Å². The van der Waals surface area contributed by atoms with Crippen LogP contribution in [0.1, 0.15) is 367 Å². The Kier molecular flexibility index (Phi) is 68.2. The first-order chi connectivity index (χ1) is 41.0. The quantitative estimate of drug-likeness (QED) is 0.0261. The topological polar surface area (TPSA) is 78.9 Å². The number of carbonyl (C=O) groups is 3. The van der Waals surface area contributed by atoms with Gasteiger partial charge in [0.15, 0.2) is 6.10 Å². The molecule has 0 spiro atoms. The number of carbonyl (C=O) groups excluding carboxylic acids is 3. The van der Waals surface area contributed by atoms with Gasteiger partial charge in [-0.1, -0.05) is 337 Å². The summed E-state index contributed by atoms with van der Waals surface area (Å²) in [6.45, 7) is 6.56. The van der Waals surface area contributed by atoms with Gasteiger partial charge in [0.05, 0.1) is 0 Å². The lowest BCUT2D eigenvalue weighted by Crippen LogP contribution is -2.30. The van der Waals surface area contributed by atoms with E-state index >= 15 is 0 Å². The fourth-order valence-corrected chi connectivity index (χ4v) is 10.5. The van der Waals surface area contributed by atoms with Gasteiger partial charge in [0.25, 0.3) is 0 Å². The molecule has 6 heteroatoms. The van der Waals surface area contributed by atoms with E-state index in [0.29, 0.717) is 19.3 Å². The van der Waals surface area contributed by atoms with Crippen LogP contribution in [0.15, 0.2) is 85.1 Å². The summed E-state index contributed by atoms with van der Waals surface area (Å²) >= 11 is 0. The first-order valence-corrected chi connectivity index (χ1v) is 36.1. The Labute approximate surface area is 515 Å². The average Bonchev–Trinajstić information content (AvgIpc) is 3.48. The van der Waals surface area contributed by atoms with Crippen molar-refractivity contribution >= 4 is 17.9 Å². The predicted octanol–water partition coefficient (Wildman–Crippen LogP) is 25.0. The largest absolute Gasteiger partial charge is 0.462 e. The van der Waals surface area contributed by atoms with Crippen molar-refractivity contribution in [3.05, 3.63) is 85.1 Å². The van der Waals surface area contributed by atoms with Gasteiger partial charge in [-0.05, 0) is 96.3 Å². The summed E-state index contributed by atoms with van der Waals surface area (Å²) in [6.07, 6.45) is 94.7. The highest BCUT2D eigenvalue weighted by Crippen LogP contribution is 2.18. The zero-order chi connectivity index (χ0) is 59.9. The lowest BCUT2D eigenvalue weighted by atomic mass is 10.0. The Bertz CT molecular complexity index is 1570. The standard InChI is InChI=1S/C77H136O6/c1-4-7-10-13-16-19-22-24-26-28-30-32-34-36-38-40-42-44-46-48-50-52-55-58-61-64-67-70-76(79)82-73-74(72-81-75(78)69-66-63-60-57-54-21-18-15-12-9-6-3)83-77(80)71-68-65-62-59-56-53-51-49-47-45-43-41-39-37-35-33-31-29-27-25-23-20-17-14-11-8-5-2/h7,10,16,19,23-26,29-32,36,38,74H,4-6,8-9,11-15,17-18,20-22,27-28,33-35,37,39-73H2,1-3H3/b10-7-,19-16-,25-23-,26-24-,31-29-,32-30-,38-36-. The highest BCUT2D eigenvalue weighted by molar-refractivity contribution is 5.71. The molecule has 1 unspecified atom stereocenters. The third-order valence-corrected chi connectivity index (χ3v) is 15.9. The normalized spacial score (nSPS) is 12.6. The third-order valence-electron chi connectivity index (χ3n) is 15.9. The van der Waals surface area contributed by atoms with Gasteiger partial charge in [-0.25, -0.2) is 0 Å². The molecule has 0 N–H and O–H groups in total. The molecule has 0 rings (SSSR count). The molecule has 0 amide bonds. The zero-order valence-electron chi connectivity index (χ0n) is 55.2. The highest BCUT2D eigenvalue weighted by Gasteiger charge is 2.19. The van der Waals surface area contributed by atoms with Crippen LogP contribution in [-0.4, -0.2) is 37.2 Å². The third kappa shape index (κ3) is 69.3. The Hall–Kier alpha value is -3.41. The van der Waals surface area contributed by atoms with Crippen LogP contribution < -0.4 is 0 Å². The van der Waals surface area contributed by atoms with E-state index in [9.17, 15) is 14.4 Å². The van der Waals surface area contributed by atoms with Crippen molar-refractivity contribution in [1.29, 1.82) is 0 Å². The minimum Gasteiger partial charge on any atom is -0.462 e. The number of ether oxygens (including phenoxy) is 3. The summed E-state index contributed by atoms with van der Waals surface area (Å²) < 4.78 is 17.0. The van der Waals surface area contributed by atoms with Crippen LogP contribution in [0, 0.1) is 0 Å². The fourth-order valence-electron chi connectivity index (χ4n) is 10.5. The van der Waals surface area contributed by atoms with E-state index in [4.69, 9.17) is 14.2 Å². The molecule has 0 saturated heterocycles. The predicted molar refractivity (Wildman–Crippen MR) is 362 cm³/mol. The van der Waals surface area contributed by atoms with Crippen molar-refractivity contribution in [1.82, 2.24) is 0 Å². The van der Waals surface area contributed by atoms with Gasteiger partial charge in [0.1, 0.15) is 13.2 Å². The van der Waals surface area contributed by atoms with Crippen molar-refractivity contribution in [2.75, 3.05) is 13.2 Å². The van der Waals surface area contributed by atoms with Crippen molar-refractivity contribution in [2.24, 2.45) is 0 Å². The van der Waals surface area contributed by atoms with Crippen LogP contribution in [-0.2, 0) is 28.6 Å². The van der Waals surface area contributed by atoms with Gasteiger partial charge in [0, 0.05) is 19.3 Å². The number of hydrogen-bond acceptors (Lipinski definition) is 6. The van der Waals surface area contributed by atoms with Gasteiger partial charge in [-0.15, -0.1) is 0 Å². The minimum atomic E-state index is -0.776. The van der Waals surface area contributed by atoms with E-state index in [2.05, 4.69) is 106 Å². The van der Waals surface area contributed by atoms with Gasteiger partial charge in [0.2, 0.25) is 0 Å². The van der Waals surface area contributed by atoms with Crippen LogP contribution in [0.4, 0.5) is 0 Å². The van der Waals surface area contributed by atoms with Gasteiger partial charge < -0.3 is 14.2 Å². The smallest absolute Gasteiger partial charge is 0.306 e. The summed E-state index contributed by atoms with van der Waals surface area (Å²) in [5, 5.41) is 0. The maximum Gasteiger partial charge on any atom is 0.306 e. The van der Waals surface area contributed by atoms with Crippen molar-refractivity contribution < 1.29 is 28.6 Å². The molecule has 0 aromatic carbocycles. The van der Waals surface area contributed by atoms with E-state index < -0.39 is 6.10 Å². The first kappa shape index (κ1) is 79.6. The molecule has 0 aliphatic heterocycles. The van der Waals surface area contributed by atoms with Crippen LogP contribution in [0.5, 0.6) is 0 Å². The Morgan fingerprint density at radius 1 is 0.253 bits per heavy atom. The molecule has 0 aromatic heterocycles. The SMILES string of the molecule is CC/C=C\C/C=C\C/C=C\C/C=C\C/C=C\CCCCCCCCCCCCCC(=O)OCC(COC(=O)CCCCCCCCCCCCC)OC(=O)CCCCCCCCCCCCCCCCC/C=C\C/C=C\CCCCCCC. The molecule has 0 fully saturated rings. The molecule has 480 valence electrons. The lowest BCUT2D eigenvalue weighted by Gasteiger charge is -2.18. The van der Waals surface area contributed by atoms with Crippen LogP contribution in [0.3, 0.4) is 0 Å². The monoisotopic (exact) mass is 1160 g/mol. The average molecular weight is 1160 g/mol. The second kappa shape index (κ2) is 71.1. The minimum absolute atomic E-state index is 0.0724. The summed E-state index contributed by atoms with van der Waals surface area (Å²) in [4.78, 5) is 38.4. The number of rotatable bonds is 66. The molecular formula is C77H136O6. The molecular weight excluding hydrogens is 1020 g/mol. The summed E-state index contributed by atoms with van der Waals surface area (Å²) in [7, 11) is 0. The second-order valence-corrected chi connectivity index (χ2v) is 24.1. The molecule has 0 bridgehead atoms. The van der Waals surface area contributed by atoms with Gasteiger partial charge in [-0.2, -0.15) is 0 Å². The number of allylic oxidation sites excluding steroid dienone is 14. The Morgan fingerprint density at radius 2 is 0.470 bits per heavy atom. The van der Waals surface area contributed by atoms with E-state index in [0.717, 1.165) is 96.3 Å². The second-order valence-electron chi connectivity index (χ2n) is 24.1. The van der Waals surface area contributed by atoms with Crippen LogP contribution in [0.2, 0.25) is 0 Å². The van der Waals surface area contributed by atoms with E-state index in [1.54, 1.807) is 0 Å². The van der Waals surface area contributed by atoms with Crippen molar-refractivity contribution in [2.45, 2.75) is 374 Å². The maximum atomic E-state index is 13.0. The summed E-state index contributed by atoms with van der Waals surface area (Å²) in [5.74, 6) is -0.856. The molecule has 0 aliphatic rings. The van der Waals surface area contributed by atoms with Crippen LogP contribution in [0.25, 0.3) is 0 Å². The Balaban J connectivity index is 4.21. The molecule has 0 saturated carbocycles. The maximum absolute atomic E-state index is 13.0. The van der Waals surface area contributed by atoms with E-state index in [-0.39, 0.29) is 31.1 Å². The molecule has 83 heavy (non-hydrogen) atoms. The number of unbranched alkanes of at least 4 members (excludes halogenated alkanes) is 41. The van der Waals surface area contributed by atoms with E-state index in [1.165, 1.54) is 231 Å². The zero-order valence-corrected chi connectivity index (χ0v) is 55.2. The highest BCUT2D eigenvalue weighted by atomic mass is 16.6. The molecule has 0 heterocycles. The fraction of sp³-hybridized carbons (Fsp3) is 0.779. The first-order valence-electron chi connectivity index (χ1n) is 36.1. The number of hydrogen-bond donors (Lipinski definition) is 0. The van der Waals surface area contributed by atoms with E-state index in [1.807, 2.05) is 0 Å². The molecule has 0 aromatic rings. The van der Waals surface area contributed by atoms with Gasteiger partial charge >= 0.3 is 17.9 Å². The van der Waals surface area contributed by atoms with Crippen LogP contribution >= 0.6 is 0 Å². The lowest BCUT2D eigenvalue weighted by molar-refractivity contribution is -0.167. The molecule has 0 aliphatic carbocycles. The Morgan fingerprint density at radius 3 is 0.735 bits per heavy atom. The molecule has 6 nitrogen and oxygen atoms in total. The number of esters is 3. The summed E-state index contributed by atoms with van der Waals surface area (Å²) in [5.41, 5.74) is 0. The summed E-state index contributed by atoms with van der Waals surface area (Å²) in [6, 6.07) is 0. The molecule has 1 atom stereocenters. The molecule has 0 radical (unpaired) electrons. The van der Waals surface area contributed by atoms with Crippen molar-refractivity contribution in [3.63, 3.8) is 0 Å². The van der Waals surface area contributed by atoms with Crippen molar-refractivity contribution in [3.8, 4) is 0 Å².